The maximum atomic E-state index is 12.3. The van der Waals surface area contributed by atoms with Crippen molar-refractivity contribution in [1.29, 1.82) is 0 Å². The molecule has 0 aliphatic carbocycles. The van der Waals surface area contributed by atoms with Crippen molar-refractivity contribution in [2.75, 3.05) is 31.1 Å². The Kier molecular flexibility index (Phi) is 4.99. The lowest BCUT2D eigenvalue weighted by atomic mass is 10.0. The number of para-hydroxylation sites is 1. The van der Waals surface area contributed by atoms with E-state index in [9.17, 15) is 14.7 Å². The third-order valence-electron chi connectivity index (χ3n) is 4.48. The lowest BCUT2D eigenvalue weighted by Crippen LogP contribution is -2.38. The minimum Gasteiger partial charge on any atom is -0.391 e. The number of hydrogen-bond acceptors (Lipinski definition) is 4. The summed E-state index contributed by atoms with van der Waals surface area (Å²) in [5, 5.41) is 15.7. The van der Waals surface area contributed by atoms with Crippen molar-refractivity contribution in [2.45, 2.75) is 12.5 Å². The molecule has 3 rings (SSSR count). The van der Waals surface area contributed by atoms with Gasteiger partial charge in [0, 0.05) is 43.0 Å². The van der Waals surface area contributed by atoms with Gasteiger partial charge in [0.25, 0.3) is 0 Å². The summed E-state index contributed by atoms with van der Waals surface area (Å²) in [5.74, 6) is -0.469. The quantitative estimate of drug-likeness (QED) is 0.709. The Morgan fingerprint density at radius 3 is 2.87 bits per heavy atom. The number of β-amino-alcohol motifs (C(OH)–C–C–N with tert-alkyl or cyclic N) is 1. The smallest absolute Gasteiger partial charge is 0.227 e. The van der Waals surface area contributed by atoms with Crippen LogP contribution in [0.5, 0.6) is 0 Å². The number of carbonyl (C=O) groups is 2. The van der Waals surface area contributed by atoms with E-state index >= 15 is 0 Å². The lowest BCUT2D eigenvalue weighted by molar-refractivity contribution is -0.126. The van der Waals surface area contributed by atoms with Gasteiger partial charge in [-0.3, -0.25) is 9.59 Å². The number of amides is 2. The predicted octanol–water partition coefficient (Wildman–Crippen LogP) is 0.499. The zero-order valence-corrected chi connectivity index (χ0v) is 14.3. The Morgan fingerprint density at radius 1 is 1.39 bits per heavy atom. The number of nitrogens with zero attached hydrogens (tertiary/aromatic N) is 1. The van der Waals surface area contributed by atoms with Gasteiger partial charge in [-0.05, 0) is 28.1 Å². The minimum absolute atomic E-state index is 0.0374. The fraction of sp³-hybridized carbons (Fsp3) is 0.500. The van der Waals surface area contributed by atoms with E-state index in [1.807, 2.05) is 24.3 Å². The standard InChI is InChI=1S/C16H20BrN3O3/c17-12-3-1-2-4-13(12)20-9-10(5-15(20)22)16(23)19-7-11-6-18-8-14(11)21/h1-4,10-11,14,18,21H,5-9H2,(H,19,23). The number of hydrogen-bond donors (Lipinski definition) is 3. The molecule has 2 aliphatic heterocycles. The first kappa shape index (κ1) is 16.4. The molecule has 0 spiro atoms. The van der Waals surface area contributed by atoms with E-state index in [2.05, 4.69) is 26.6 Å². The second-order valence-corrected chi connectivity index (χ2v) is 6.94. The second-order valence-electron chi connectivity index (χ2n) is 6.09. The van der Waals surface area contributed by atoms with Gasteiger partial charge in [-0.25, -0.2) is 0 Å². The second kappa shape index (κ2) is 6.98. The average molecular weight is 382 g/mol. The van der Waals surface area contributed by atoms with E-state index in [4.69, 9.17) is 0 Å². The van der Waals surface area contributed by atoms with Crippen LogP contribution in [0.4, 0.5) is 5.69 Å². The number of anilines is 1. The highest BCUT2D eigenvalue weighted by atomic mass is 79.9. The van der Waals surface area contributed by atoms with Gasteiger partial charge in [0.2, 0.25) is 11.8 Å². The highest BCUT2D eigenvalue weighted by Gasteiger charge is 2.36. The number of rotatable bonds is 4. The molecule has 7 heteroatoms. The molecule has 3 atom stereocenters. The molecule has 1 aromatic rings. The first-order valence-corrected chi connectivity index (χ1v) is 8.57. The third kappa shape index (κ3) is 3.57. The number of aliphatic hydroxyl groups excluding tert-OH is 1. The van der Waals surface area contributed by atoms with Crippen molar-refractivity contribution in [3.8, 4) is 0 Å². The van der Waals surface area contributed by atoms with Crippen LogP contribution < -0.4 is 15.5 Å². The van der Waals surface area contributed by atoms with Gasteiger partial charge in [0.15, 0.2) is 0 Å². The Morgan fingerprint density at radius 2 is 2.17 bits per heavy atom. The van der Waals surface area contributed by atoms with Crippen LogP contribution in [0.1, 0.15) is 6.42 Å². The molecule has 124 valence electrons. The van der Waals surface area contributed by atoms with Gasteiger partial charge in [0.05, 0.1) is 17.7 Å². The fourth-order valence-corrected chi connectivity index (χ4v) is 3.59. The maximum absolute atomic E-state index is 12.3. The molecule has 2 fully saturated rings. The predicted molar refractivity (Wildman–Crippen MR) is 90.0 cm³/mol. The summed E-state index contributed by atoms with van der Waals surface area (Å²) >= 11 is 3.44. The summed E-state index contributed by atoms with van der Waals surface area (Å²) in [4.78, 5) is 26.2. The van der Waals surface area contributed by atoms with Gasteiger partial charge in [-0.2, -0.15) is 0 Å². The van der Waals surface area contributed by atoms with E-state index in [1.165, 1.54) is 0 Å². The van der Waals surface area contributed by atoms with Gasteiger partial charge in [0.1, 0.15) is 0 Å². The van der Waals surface area contributed by atoms with Crippen LogP contribution in [-0.4, -0.2) is 49.2 Å². The van der Waals surface area contributed by atoms with Crippen LogP contribution in [0.15, 0.2) is 28.7 Å². The molecule has 23 heavy (non-hydrogen) atoms. The number of benzene rings is 1. The normalized spacial score (nSPS) is 27.5. The van der Waals surface area contributed by atoms with Gasteiger partial charge < -0.3 is 20.6 Å². The Labute approximate surface area is 143 Å². The summed E-state index contributed by atoms with van der Waals surface area (Å²) < 4.78 is 0.842. The molecular formula is C16H20BrN3O3. The summed E-state index contributed by atoms with van der Waals surface area (Å²) in [6.07, 6.45) is -0.198. The molecule has 2 saturated heterocycles. The van der Waals surface area contributed by atoms with E-state index < -0.39 is 6.10 Å². The highest BCUT2D eigenvalue weighted by molar-refractivity contribution is 9.10. The lowest BCUT2D eigenvalue weighted by Gasteiger charge is -2.19. The summed E-state index contributed by atoms with van der Waals surface area (Å²) in [7, 11) is 0. The van der Waals surface area contributed by atoms with E-state index in [1.54, 1.807) is 4.90 Å². The molecule has 6 nitrogen and oxygen atoms in total. The number of nitrogens with one attached hydrogen (secondary N) is 2. The van der Waals surface area contributed by atoms with Crippen molar-refractivity contribution in [3.05, 3.63) is 28.7 Å². The number of carbonyl (C=O) groups excluding carboxylic acids is 2. The third-order valence-corrected chi connectivity index (χ3v) is 5.15. The summed E-state index contributed by atoms with van der Waals surface area (Å²) in [6.45, 7) is 2.10. The van der Waals surface area contributed by atoms with Crippen molar-refractivity contribution >= 4 is 33.4 Å². The van der Waals surface area contributed by atoms with Crippen LogP contribution in [0, 0.1) is 11.8 Å². The molecule has 0 saturated carbocycles. The molecule has 0 radical (unpaired) electrons. The molecule has 3 unspecified atom stereocenters. The van der Waals surface area contributed by atoms with E-state index in [0.29, 0.717) is 26.2 Å². The van der Waals surface area contributed by atoms with Gasteiger partial charge in [-0.15, -0.1) is 0 Å². The molecule has 2 aliphatic rings. The largest absolute Gasteiger partial charge is 0.391 e. The van der Waals surface area contributed by atoms with Gasteiger partial charge >= 0.3 is 0 Å². The monoisotopic (exact) mass is 381 g/mol. The van der Waals surface area contributed by atoms with Crippen LogP contribution in [0.2, 0.25) is 0 Å². The van der Waals surface area contributed by atoms with Crippen LogP contribution in [0.3, 0.4) is 0 Å². The minimum atomic E-state index is -0.419. The number of aliphatic hydroxyl groups is 1. The molecule has 2 heterocycles. The van der Waals surface area contributed by atoms with Crippen molar-refractivity contribution in [1.82, 2.24) is 10.6 Å². The van der Waals surface area contributed by atoms with Crippen molar-refractivity contribution in [3.63, 3.8) is 0 Å². The maximum Gasteiger partial charge on any atom is 0.227 e. The Hall–Kier alpha value is -1.44. The number of halogens is 1. The zero-order valence-electron chi connectivity index (χ0n) is 12.7. The molecule has 0 bridgehead atoms. The average Bonchev–Trinajstić information content (AvgIpc) is 3.11. The molecular weight excluding hydrogens is 362 g/mol. The molecule has 3 N–H and O–H groups in total. The summed E-state index contributed by atoms with van der Waals surface area (Å²) in [5.41, 5.74) is 0.795. The Bertz CT molecular complexity index is 610. The first-order chi connectivity index (χ1) is 11.1. The molecule has 1 aromatic carbocycles. The zero-order chi connectivity index (χ0) is 16.4. The SMILES string of the molecule is O=C(NCC1CNCC1O)C1CC(=O)N(c2ccccc2Br)C1. The van der Waals surface area contributed by atoms with E-state index in [0.717, 1.165) is 10.2 Å². The van der Waals surface area contributed by atoms with E-state index in [-0.39, 0.29) is 30.1 Å². The Balaban J connectivity index is 1.58. The van der Waals surface area contributed by atoms with Crippen LogP contribution >= 0.6 is 15.9 Å². The van der Waals surface area contributed by atoms with Crippen LogP contribution in [-0.2, 0) is 9.59 Å². The first-order valence-electron chi connectivity index (χ1n) is 7.77. The van der Waals surface area contributed by atoms with Crippen LogP contribution in [0.25, 0.3) is 0 Å². The summed E-state index contributed by atoms with van der Waals surface area (Å²) in [6, 6.07) is 7.50. The molecule has 0 aromatic heterocycles. The highest BCUT2D eigenvalue weighted by Crippen LogP contribution is 2.31. The van der Waals surface area contributed by atoms with Crippen molar-refractivity contribution < 1.29 is 14.7 Å². The topological polar surface area (TPSA) is 81.7 Å². The van der Waals surface area contributed by atoms with Gasteiger partial charge in [-0.1, -0.05) is 12.1 Å². The van der Waals surface area contributed by atoms with Crippen molar-refractivity contribution in [2.24, 2.45) is 11.8 Å². The fourth-order valence-electron chi connectivity index (χ4n) is 3.09. The molecule has 2 amide bonds.